The molecule has 4 nitrogen and oxygen atoms in total. The van der Waals surface area contributed by atoms with Crippen molar-refractivity contribution in [1.82, 2.24) is 4.83 Å². The van der Waals surface area contributed by atoms with Gasteiger partial charge in [0.15, 0.2) is 0 Å². The lowest BCUT2D eigenvalue weighted by atomic mass is 9.59. The van der Waals surface area contributed by atoms with E-state index in [-0.39, 0.29) is 10.3 Å². The second kappa shape index (κ2) is 7.24. The maximum Gasteiger partial charge on any atom is 0.276 e. The molecule has 0 saturated heterocycles. The number of nitrogens with one attached hydrogen (secondary N) is 1. The van der Waals surface area contributed by atoms with E-state index in [4.69, 9.17) is 0 Å². The fraction of sp³-hybridized carbons (Fsp3) is 0.174. The van der Waals surface area contributed by atoms with E-state index in [9.17, 15) is 8.42 Å². The Morgan fingerprint density at radius 1 is 0.786 bits per heavy atom. The first kappa shape index (κ1) is 18.4. The summed E-state index contributed by atoms with van der Waals surface area (Å²) in [5.41, 5.74) is 4.16. The highest BCUT2D eigenvalue weighted by molar-refractivity contribution is 7.89. The minimum absolute atomic E-state index is 0.156. The van der Waals surface area contributed by atoms with Crippen molar-refractivity contribution >= 4 is 15.7 Å². The number of hydrazone groups is 1. The quantitative estimate of drug-likeness (QED) is 0.656. The Balaban J connectivity index is 1.57. The van der Waals surface area contributed by atoms with Crippen molar-refractivity contribution in [3.8, 4) is 0 Å². The second-order valence-electron chi connectivity index (χ2n) is 7.25. The van der Waals surface area contributed by atoms with Crippen molar-refractivity contribution in [2.75, 3.05) is 0 Å². The monoisotopic (exact) mass is 390 g/mol. The van der Waals surface area contributed by atoms with Gasteiger partial charge >= 0.3 is 0 Å². The predicted molar refractivity (Wildman–Crippen MR) is 112 cm³/mol. The first-order valence-corrected chi connectivity index (χ1v) is 10.7. The Morgan fingerprint density at radius 3 is 1.79 bits per heavy atom. The molecule has 142 valence electrons. The van der Waals surface area contributed by atoms with Gasteiger partial charge in [0.05, 0.1) is 4.90 Å². The molecule has 0 aromatic heterocycles. The van der Waals surface area contributed by atoms with Crippen LogP contribution in [0.5, 0.6) is 0 Å². The lowest BCUT2D eigenvalue weighted by Crippen LogP contribution is -2.43. The van der Waals surface area contributed by atoms with Crippen LogP contribution in [0.1, 0.15) is 29.5 Å². The third-order valence-electron chi connectivity index (χ3n) is 5.32. The zero-order chi connectivity index (χ0) is 19.6. The average molecular weight is 391 g/mol. The summed E-state index contributed by atoms with van der Waals surface area (Å²) in [5.74, 6) is 0. The molecule has 1 N–H and O–H groups in total. The van der Waals surface area contributed by atoms with Gasteiger partial charge in [0, 0.05) is 24.0 Å². The molecule has 0 radical (unpaired) electrons. The Kier molecular flexibility index (Phi) is 4.77. The maximum atomic E-state index is 12.5. The molecule has 0 unspecified atom stereocenters. The Morgan fingerprint density at radius 2 is 1.29 bits per heavy atom. The van der Waals surface area contributed by atoms with E-state index in [1.807, 2.05) is 43.3 Å². The van der Waals surface area contributed by atoms with Crippen LogP contribution < -0.4 is 4.83 Å². The summed E-state index contributed by atoms with van der Waals surface area (Å²) in [4.78, 5) is 2.62. The number of benzene rings is 3. The van der Waals surface area contributed by atoms with Gasteiger partial charge in [0.25, 0.3) is 10.0 Å². The van der Waals surface area contributed by atoms with E-state index in [1.54, 1.807) is 24.3 Å². The summed E-state index contributed by atoms with van der Waals surface area (Å²) in [5, 5.41) is 4.22. The summed E-state index contributed by atoms with van der Waals surface area (Å²) in [6, 6.07) is 27.4. The molecule has 3 aromatic rings. The number of aryl methyl sites for hydroxylation is 1. The topological polar surface area (TPSA) is 58.5 Å². The van der Waals surface area contributed by atoms with Crippen LogP contribution in [0.25, 0.3) is 0 Å². The van der Waals surface area contributed by atoms with Gasteiger partial charge in [-0.25, -0.2) is 4.83 Å². The minimum Gasteiger partial charge on any atom is -0.200 e. The first-order valence-electron chi connectivity index (χ1n) is 9.25. The zero-order valence-electron chi connectivity index (χ0n) is 15.7. The number of nitrogens with zero attached hydrogens (tertiary/aromatic N) is 1. The maximum absolute atomic E-state index is 12.5. The highest BCUT2D eigenvalue weighted by Gasteiger charge is 2.44. The van der Waals surface area contributed by atoms with Crippen LogP contribution in [0.15, 0.2) is 94.9 Å². The number of rotatable bonds is 5. The lowest BCUT2D eigenvalue weighted by Gasteiger charge is -2.44. The molecule has 0 spiro atoms. The van der Waals surface area contributed by atoms with Crippen molar-refractivity contribution in [2.45, 2.75) is 30.1 Å². The number of hydrogen-bond donors (Lipinski definition) is 1. The van der Waals surface area contributed by atoms with Gasteiger partial charge in [-0.15, -0.1) is 0 Å². The third-order valence-corrected chi connectivity index (χ3v) is 6.54. The smallest absolute Gasteiger partial charge is 0.200 e. The highest BCUT2D eigenvalue weighted by Crippen LogP contribution is 2.47. The molecule has 5 heteroatoms. The lowest BCUT2D eigenvalue weighted by molar-refractivity contribution is 0.481. The van der Waals surface area contributed by atoms with Gasteiger partial charge in [-0.2, -0.15) is 13.5 Å². The van der Waals surface area contributed by atoms with E-state index in [0.717, 1.165) is 11.3 Å². The van der Waals surface area contributed by atoms with Crippen LogP contribution in [-0.2, 0) is 15.4 Å². The fourth-order valence-corrected chi connectivity index (χ4v) is 4.56. The summed E-state index contributed by atoms with van der Waals surface area (Å²) < 4.78 is 24.9. The molecular formula is C23H22N2O2S. The largest absolute Gasteiger partial charge is 0.276 e. The van der Waals surface area contributed by atoms with Crippen molar-refractivity contribution in [1.29, 1.82) is 0 Å². The molecule has 28 heavy (non-hydrogen) atoms. The van der Waals surface area contributed by atoms with Crippen LogP contribution >= 0.6 is 0 Å². The Hall–Kier alpha value is -2.92. The predicted octanol–water partition coefficient (Wildman–Crippen LogP) is 4.41. The molecular weight excluding hydrogens is 368 g/mol. The van der Waals surface area contributed by atoms with E-state index in [1.165, 1.54) is 11.1 Å². The second-order valence-corrected chi connectivity index (χ2v) is 8.91. The summed E-state index contributed by atoms with van der Waals surface area (Å²) in [6.45, 7) is 1.92. The van der Waals surface area contributed by atoms with E-state index >= 15 is 0 Å². The first-order chi connectivity index (χ1) is 13.5. The fourth-order valence-electron chi connectivity index (χ4n) is 3.71. The summed E-state index contributed by atoms with van der Waals surface area (Å²) in [7, 11) is -3.65. The Labute approximate surface area is 166 Å². The van der Waals surface area contributed by atoms with Gasteiger partial charge in [-0.1, -0.05) is 78.4 Å². The van der Waals surface area contributed by atoms with E-state index in [2.05, 4.69) is 34.2 Å². The van der Waals surface area contributed by atoms with Gasteiger partial charge in [0.1, 0.15) is 0 Å². The minimum atomic E-state index is -3.65. The molecule has 0 heterocycles. The van der Waals surface area contributed by atoms with Crippen molar-refractivity contribution in [3.63, 3.8) is 0 Å². The van der Waals surface area contributed by atoms with E-state index in [0.29, 0.717) is 12.8 Å². The van der Waals surface area contributed by atoms with Crippen molar-refractivity contribution in [3.05, 3.63) is 102 Å². The van der Waals surface area contributed by atoms with Crippen LogP contribution in [-0.4, -0.2) is 14.1 Å². The molecule has 1 saturated carbocycles. The van der Waals surface area contributed by atoms with Crippen molar-refractivity contribution in [2.24, 2.45) is 5.10 Å². The molecule has 1 aliphatic rings. The van der Waals surface area contributed by atoms with Gasteiger partial charge < -0.3 is 0 Å². The summed E-state index contributed by atoms with van der Waals surface area (Å²) >= 11 is 0. The van der Waals surface area contributed by atoms with Crippen LogP contribution in [0, 0.1) is 6.92 Å². The number of sulfonamides is 1. The molecule has 0 bridgehead atoms. The van der Waals surface area contributed by atoms with Gasteiger partial charge in [0.2, 0.25) is 0 Å². The van der Waals surface area contributed by atoms with Gasteiger partial charge in [-0.05, 0) is 30.2 Å². The van der Waals surface area contributed by atoms with Crippen LogP contribution in [0.4, 0.5) is 0 Å². The molecule has 0 aliphatic heterocycles. The molecule has 3 aromatic carbocycles. The normalized spacial score (nSPS) is 15.5. The van der Waals surface area contributed by atoms with Crippen LogP contribution in [0.3, 0.4) is 0 Å². The molecule has 4 rings (SSSR count). The van der Waals surface area contributed by atoms with Crippen molar-refractivity contribution < 1.29 is 8.42 Å². The SMILES string of the molecule is Cc1ccc(S(=O)(=O)NN=C2CC(c3ccccc3)(c3ccccc3)C2)cc1. The van der Waals surface area contributed by atoms with E-state index < -0.39 is 10.0 Å². The molecule has 0 amide bonds. The van der Waals surface area contributed by atoms with Gasteiger partial charge in [-0.3, -0.25) is 0 Å². The summed E-state index contributed by atoms with van der Waals surface area (Å²) in [6.07, 6.45) is 1.38. The third kappa shape index (κ3) is 3.45. The van der Waals surface area contributed by atoms with Crippen LogP contribution in [0.2, 0.25) is 0 Å². The zero-order valence-corrected chi connectivity index (χ0v) is 16.5. The standard InChI is InChI=1S/C23H22N2O2S/c1-18-12-14-22(15-13-18)28(26,27)25-24-21-16-23(17-21,19-8-4-2-5-9-19)20-10-6-3-7-11-20/h2-15,25H,16-17H2,1H3. The molecule has 1 fully saturated rings. The molecule has 0 atom stereocenters. The Bertz CT molecular complexity index is 1040. The molecule has 1 aliphatic carbocycles. The average Bonchev–Trinajstić information content (AvgIpc) is 2.69. The highest BCUT2D eigenvalue weighted by atomic mass is 32.2. The number of hydrogen-bond acceptors (Lipinski definition) is 3.